The third-order valence-corrected chi connectivity index (χ3v) is 6.72. The van der Waals surface area contributed by atoms with Crippen molar-refractivity contribution >= 4 is 28.4 Å². The molecule has 31 heavy (non-hydrogen) atoms. The third kappa shape index (κ3) is 4.26. The first-order chi connectivity index (χ1) is 15.3. The number of nitrogens with zero attached hydrogens (tertiary/aromatic N) is 7. The fraction of sp³-hybridized carbons (Fsp3) is 0.304. The number of fused-ring (bicyclic) bond motifs is 1. The van der Waals surface area contributed by atoms with Gasteiger partial charge >= 0.3 is 0 Å². The van der Waals surface area contributed by atoms with Crippen LogP contribution in [-0.2, 0) is 7.05 Å². The van der Waals surface area contributed by atoms with Crippen LogP contribution in [0.15, 0.2) is 66.2 Å². The number of piperazine rings is 1. The average molecular weight is 432 g/mol. The van der Waals surface area contributed by atoms with E-state index in [2.05, 4.69) is 60.3 Å². The van der Waals surface area contributed by atoms with Gasteiger partial charge in [0.25, 0.3) is 0 Å². The van der Waals surface area contributed by atoms with Crippen molar-refractivity contribution in [2.75, 3.05) is 43.4 Å². The lowest BCUT2D eigenvalue weighted by Crippen LogP contribution is -2.47. The lowest BCUT2D eigenvalue weighted by atomic mass is 10.1. The van der Waals surface area contributed by atoms with Crippen LogP contribution in [0, 0.1) is 0 Å². The maximum absolute atomic E-state index is 4.68. The summed E-state index contributed by atoms with van der Waals surface area (Å²) in [7, 11) is 2.01. The second-order valence-electron chi connectivity index (χ2n) is 7.64. The molecule has 1 aromatic carbocycles. The van der Waals surface area contributed by atoms with Crippen molar-refractivity contribution in [3.8, 4) is 11.4 Å². The highest BCUT2D eigenvalue weighted by Gasteiger charge is 2.20. The monoisotopic (exact) mass is 431 g/mol. The molecule has 0 bridgehead atoms. The van der Waals surface area contributed by atoms with Crippen LogP contribution in [-0.4, -0.2) is 68.1 Å². The van der Waals surface area contributed by atoms with E-state index in [4.69, 9.17) is 0 Å². The predicted octanol–water partition coefficient (Wildman–Crippen LogP) is 3.34. The molecule has 3 aromatic heterocycles. The standard InChI is InChI=1S/C23H25N7S/c1-28-21(19-6-4-9-24-17-19)26-27-23(28)31-16-15-29-11-13-30(14-12-29)22-20-7-3-2-5-18(20)8-10-25-22/h2-10,17H,11-16H2,1H3. The first kappa shape index (κ1) is 20.0. The van der Waals surface area contributed by atoms with Crippen molar-refractivity contribution < 1.29 is 0 Å². The zero-order chi connectivity index (χ0) is 21.0. The fourth-order valence-electron chi connectivity index (χ4n) is 3.99. The Morgan fingerprint density at radius 3 is 2.65 bits per heavy atom. The van der Waals surface area contributed by atoms with Gasteiger partial charge in [0.15, 0.2) is 11.0 Å². The lowest BCUT2D eigenvalue weighted by molar-refractivity contribution is 0.273. The van der Waals surface area contributed by atoms with Gasteiger partial charge in [-0.05, 0) is 23.6 Å². The van der Waals surface area contributed by atoms with Gasteiger partial charge in [0.2, 0.25) is 0 Å². The molecule has 0 aliphatic carbocycles. The van der Waals surface area contributed by atoms with Crippen LogP contribution in [0.4, 0.5) is 5.82 Å². The third-order valence-electron chi connectivity index (χ3n) is 5.72. The van der Waals surface area contributed by atoms with Gasteiger partial charge in [0, 0.05) is 75.1 Å². The van der Waals surface area contributed by atoms with Crippen LogP contribution in [0.5, 0.6) is 0 Å². The molecular weight excluding hydrogens is 406 g/mol. The summed E-state index contributed by atoms with van der Waals surface area (Å²) in [6.45, 7) is 5.13. The van der Waals surface area contributed by atoms with Crippen LogP contribution < -0.4 is 4.90 Å². The largest absolute Gasteiger partial charge is 0.354 e. The van der Waals surface area contributed by atoms with Gasteiger partial charge in [-0.25, -0.2) is 4.98 Å². The number of hydrogen-bond donors (Lipinski definition) is 0. The number of hydrogen-bond acceptors (Lipinski definition) is 7. The maximum Gasteiger partial charge on any atom is 0.191 e. The second-order valence-corrected chi connectivity index (χ2v) is 8.70. The van der Waals surface area contributed by atoms with E-state index in [9.17, 15) is 0 Å². The summed E-state index contributed by atoms with van der Waals surface area (Å²) in [5.74, 6) is 2.95. The molecule has 1 fully saturated rings. The quantitative estimate of drug-likeness (QED) is 0.434. The van der Waals surface area contributed by atoms with Crippen molar-refractivity contribution in [1.82, 2.24) is 29.6 Å². The molecule has 8 heteroatoms. The molecule has 158 valence electrons. The van der Waals surface area contributed by atoms with Gasteiger partial charge < -0.3 is 9.47 Å². The van der Waals surface area contributed by atoms with Gasteiger partial charge in [-0.2, -0.15) is 0 Å². The second kappa shape index (κ2) is 9.03. The van der Waals surface area contributed by atoms with Crippen molar-refractivity contribution in [3.63, 3.8) is 0 Å². The number of aromatic nitrogens is 5. The van der Waals surface area contributed by atoms with E-state index in [0.29, 0.717) is 0 Å². The van der Waals surface area contributed by atoms with Crippen LogP contribution in [0.25, 0.3) is 22.2 Å². The molecule has 1 aliphatic rings. The summed E-state index contributed by atoms with van der Waals surface area (Å²) in [6.07, 6.45) is 5.51. The van der Waals surface area contributed by atoms with E-state index in [-0.39, 0.29) is 0 Å². The Balaban J connectivity index is 1.15. The Bertz CT molecular complexity index is 1150. The highest BCUT2D eigenvalue weighted by molar-refractivity contribution is 7.99. The molecule has 0 unspecified atom stereocenters. The number of anilines is 1. The number of thioether (sulfide) groups is 1. The van der Waals surface area contributed by atoms with Gasteiger partial charge in [0.1, 0.15) is 5.82 Å². The highest BCUT2D eigenvalue weighted by Crippen LogP contribution is 2.25. The van der Waals surface area contributed by atoms with Crippen LogP contribution in [0.2, 0.25) is 0 Å². The number of pyridine rings is 2. The molecule has 1 aliphatic heterocycles. The topological polar surface area (TPSA) is 63.0 Å². The molecule has 0 N–H and O–H groups in total. The summed E-state index contributed by atoms with van der Waals surface area (Å²) in [6, 6.07) is 14.5. The van der Waals surface area contributed by atoms with E-state index in [0.717, 1.165) is 60.8 Å². The molecule has 0 atom stereocenters. The highest BCUT2D eigenvalue weighted by atomic mass is 32.2. The molecule has 0 amide bonds. The van der Waals surface area contributed by atoms with Gasteiger partial charge in [-0.3, -0.25) is 9.88 Å². The molecule has 1 saturated heterocycles. The Labute approximate surface area is 186 Å². The number of benzene rings is 1. The molecule has 7 nitrogen and oxygen atoms in total. The minimum absolute atomic E-state index is 0.854. The lowest BCUT2D eigenvalue weighted by Gasteiger charge is -2.35. The van der Waals surface area contributed by atoms with Crippen molar-refractivity contribution in [3.05, 3.63) is 61.1 Å². The van der Waals surface area contributed by atoms with E-state index < -0.39 is 0 Å². The van der Waals surface area contributed by atoms with Crippen LogP contribution in [0.3, 0.4) is 0 Å². The summed E-state index contributed by atoms with van der Waals surface area (Å²) in [5, 5.41) is 12.1. The SMILES string of the molecule is Cn1c(SCCN2CCN(c3nccc4ccccc34)CC2)nnc1-c1cccnc1. The smallest absolute Gasteiger partial charge is 0.191 e. The molecule has 4 aromatic rings. The van der Waals surface area contributed by atoms with E-state index in [1.807, 2.05) is 36.1 Å². The Morgan fingerprint density at radius 2 is 1.81 bits per heavy atom. The van der Waals surface area contributed by atoms with Gasteiger partial charge in [-0.15, -0.1) is 10.2 Å². The molecule has 5 rings (SSSR count). The zero-order valence-corrected chi connectivity index (χ0v) is 18.4. The average Bonchev–Trinajstić information content (AvgIpc) is 3.20. The van der Waals surface area contributed by atoms with E-state index in [1.165, 1.54) is 10.8 Å². The molecule has 4 heterocycles. The summed E-state index contributed by atoms with van der Waals surface area (Å²) < 4.78 is 2.05. The molecular formula is C23H25N7S. The van der Waals surface area contributed by atoms with Gasteiger partial charge in [-0.1, -0.05) is 36.0 Å². The summed E-state index contributed by atoms with van der Waals surface area (Å²) in [5.41, 5.74) is 0.988. The summed E-state index contributed by atoms with van der Waals surface area (Å²) >= 11 is 1.76. The van der Waals surface area contributed by atoms with Crippen LogP contribution in [0.1, 0.15) is 0 Å². The minimum Gasteiger partial charge on any atom is -0.354 e. The number of rotatable bonds is 6. The predicted molar refractivity (Wildman–Crippen MR) is 125 cm³/mol. The first-order valence-electron chi connectivity index (χ1n) is 10.5. The van der Waals surface area contributed by atoms with Gasteiger partial charge in [0.05, 0.1) is 0 Å². The van der Waals surface area contributed by atoms with E-state index in [1.54, 1.807) is 18.0 Å². The molecule has 0 radical (unpaired) electrons. The van der Waals surface area contributed by atoms with Crippen molar-refractivity contribution in [1.29, 1.82) is 0 Å². The normalized spacial score (nSPS) is 14.9. The molecule has 0 saturated carbocycles. The zero-order valence-electron chi connectivity index (χ0n) is 17.6. The molecule has 0 spiro atoms. The summed E-state index contributed by atoms with van der Waals surface area (Å²) in [4.78, 5) is 13.8. The van der Waals surface area contributed by atoms with Crippen molar-refractivity contribution in [2.24, 2.45) is 7.05 Å². The Morgan fingerprint density at radius 1 is 0.935 bits per heavy atom. The Hall–Kier alpha value is -2.97. The first-order valence-corrected chi connectivity index (χ1v) is 11.5. The van der Waals surface area contributed by atoms with Crippen LogP contribution >= 0.6 is 11.8 Å². The fourth-order valence-corrected chi connectivity index (χ4v) is 4.90. The van der Waals surface area contributed by atoms with Crippen molar-refractivity contribution in [2.45, 2.75) is 5.16 Å². The Kier molecular flexibility index (Phi) is 5.82. The minimum atomic E-state index is 0.854. The maximum atomic E-state index is 4.68. The van der Waals surface area contributed by atoms with E-state index >= 15 is 0 Å².